The van der Waals surface area contributed by atoms with Gasteiger partial charge >= 0.3 is 0 Å². The molecule has 0 aromatic heterocycles. The zero-order chi connectivity index (χ0) is 13.1. The van der Waals surface area contributed by atoms with Crippen molar-refractivity contribution in [2.45, 2.75) is 18.9 Å². The predicted octanol–water partition coefficient (Wildman–Crippen LogP) is 2.83. The highest BCUT2D eigenvalue weighted by Crippen LogP contribution is 2.24. The van der Waals surface area contributed by atoms with Crippen LogP contribution in [0.15, 0.2) is 18.2 Å². The van der Waals surface area contributed by atoms with Gasteiger partial charge in [0.15, 0.2) is 0 Å². The van der Waals surface area contributed by atoms with Crippen molar-refractivity contribution in [3.8, 4) is 5.75 Å². The third kappa shape index (κ3) is 2.51. The lowest BCUT2D eigenvalue weighted by atomic mass is 10.1. The normalized spacial score (nSPS) is 19.1. The number of carbonyl (C=O) groups is 1. The van der Waals surface area contributed by atoms with Crippen LogP contribution in [0.25, 0.3) is 0 Å². The summed E-state index contributed by atoms with van der Waals surface area (Å²) in [5.41, 5.74) is 0.114. The third-order valence-electron chi connectivity index (χ3n) is 3.22. The van der Waals surface area contributed by atoms with Crippen molar-refractivity contribution in [3.05, 3.63) is 29.6 Å². The molecule has 2 rings (SSSR count). The molecule has 18 heavy (non-hydrogen) atoms. The minimum atomic E-state index is -0.528. The van der Waals surface area contributed by atoms with Gasteiger partial charge in [0, 0.05) is 24.0 Å². The Labute approximate surface area is 114 Å². The summed E-state index contributed by atoms with van der Waals surface area (Å²) in [6.45, 7) is 0.695. The summed E-state index contributed by atoms with van der Waals surface area (Å²) >= 11 is 3.39. The smallest absolute Gasteiger partial charge is 0.257 e. The number of alkyl halides is 1. The Morgan fingerprint density at radius 3 is 3.00 bits per heavy atom. The van der Waals surface area contributed by atoms with Crippen molar-refractivity contribution in [1.29, 1.82) is 0 Å². The van der Waals surface area contributed by atoms with Crippen LogP contribution in [-0.4, -0.2) is 35.8 Å². The highest BCUT2D eigenvalue weighted by Gasteiger charge is 2.29. The van der Waals surface area contributed by atoms with E-state index >= 15 is 0 Å². The molecule has 0 spiro atoms. The van der Waals surface area contributed by atoms with Gasteiger partial charge in [0.2, 0.25) is 0 Å². The fraction of sp³-hybridized carbons (Fsp3) is 0.462. The molecule has 5 heteroatoms. The Morgan fingerprint density at radius 2 is 2.39 bits per heavy atom. The second-order valence-corrected chi connectivity index (χ2v) is 4.94. The maximum atomic E-state index is 13.8. The molecule has 1 aromatic carbocycles. The van der Waals surface area contributed by atoms with E-state index in [-0.39, 0.29) is 17.5 Å². The number of likely N-dealkylation sites (tertiary alicyclic amines) is 1. The Morgan fingerprint density at radius 1 is 1.61 bits per heavy atom. The fourth-order valence-corrected chi connectivity index (χ4v) is 2.89. The van der Waals surface area contributed by atoms with Crippen molar-refractivity contribution >= 4 is 21.8 Å². The van der Waals surface area contributed by atoms with Crippen LogP contribution in [0.1, 0.15) is 23.2 Å². The zero-order valence-electron chi connectivity index (χ0n) is 10.2. The summed E-state index contributed by atoms with van der Waals surface area (Å²) < 4.78 is 18.8. The summed E-state index contributed by atoms with van der Waals surface area (Å²) in [6, 6.07) is 4.50. The Balaban J connectivity index is 2.23. The molecule has 1 atom stereocenters. The lowest BCUT2D eigenvalue weighted by molar-refractivity contribution is 0.0746. The van der Waals surface area contributed by atoms with E-state index in [1.54, 1.807) is 11.0 Å². The maximum Gasteiger partial charge on any atom is 0.257 e. The van der Waals surface area contributed by atoms with Gasteiger partial charge in [-0.2, -0.15) is 0 Å². The van der Waals surface area contributed by atoms with Gasteiger partial charge in [-0.15, -0.1) is 0 Å². The third-order valence-corrected chi connectivity index (χ3v) is 3.97. The van der Waals surface area contributed by atoms with Crippen LogP contribution in [-0.2, 0) is 0 Å². The lowest BCUT2D eigenvalue weighted by Crippen LogP contribution is -2.36. The van der Waals surface area contributed by atoms with Crippen LogP contribution in [0.2, 0.25) is 0 Å². The van der Waals surface area contributed by atoms with E-state index in [9.17, 15) is 9.18 Å². The van der Waals surface area contributed by atoms with E-state index in [4.69, 9.17) is 4.74 Å². The first-order valence-electron chi connectivity index (χ1n) is 5.88. The lowest BCUT2D eigenvalue weighted by Gasteiger charge is -2.23. The molecule has 1 aromatic rings. The number of benzene rings is 1. The average Bonchev–Trinajstić information content (AvgIpc) is 2.86. The maximum absolute atomic E-state index is 13.8. The van der Waals surface area contributed by atoms with Gasteiger partial charge in [0.25, 0.3) is 5.91 Å². The van der Waals surface area contributed by atoms with Crippen molar-refractivity contribution in [3.63, 3.8) is 0 Å². The van der Waals surface area contributed by atoms with E-state index in [1.165, 1.54) is 19.2 Å². The number of methoxy groups -OCH3 is 1. The summed E-state index contributed by atoms with van der Waals surface area (Å²) in [5, 5.41) is 0.733. The molecular formula is C13H15BrFNO2. The summed E-state index contributed by atoms with van der Waals surface area (Å²) in [7, 11) is 1.47. The molecule has 3 nitrogen and oxygen atoms in total. The van der Waals surface area contributed by atoms with Crippen LogP contribution in [0.3, 0.4) is 0 Å². The monoisotopic (exact) mass is 315 g/mol. The fourth-order valence-electron chi connectivity index (χ4n) is 2.21. The van der Waals surface area contributed by atoms with Gasteiger partial charge in [0.05, 0.1) is 12.7 Å². The van der Waals surface area contributed by atoms with Crippen molar-refractivity contribution in [1.82, 2.24) is 4.90 Å². The highest BCUT2D eigenvalue weighted by atomic mass is 79.9. The first kappa shape index (κ1) is 13.3. The van der Waals surface area contributed by atoms with Crippen LogP contribution < -0.4 is 4.74 Å². The Kier molecular flexibility index (Phi) is 4.22. The van der Waals surface area contributed by atoms with Gasteiger partial charge in [0.1, 0.15) is 11.6 Å². The number of nitrogens with zero attached hydrogens (tertiary/aromatic N) is 1. The zero-order valence-corrected chi connectivity index (χ0v) is 11.7. The van der Waals surface area contributed by atoms with Crippen molar-refractivity contribution in [2.24, 2.45) is 0 Å². The van der Waals surface area contributed by atoms with Gasteiger partial charge < -0.3 is 9.64 Å². The number of hydrogen-bond acceptors (Lipinski definition) is 2. The SMILES string of the molecule is COc1ccc(C(=O)N2CCCC2CBr)c(F)c1. The molecule has 1 unspecified atom stereocenters. The van der Waals surface area contributed by atoms with Gasteiger partial charge in [-0.05, 0) is 25.0 Å². The highest BCUT2D eigenvalue weighted by molar-refractivity contribution is 9.09. The minimum Gasteiger partial charge on any atom is -0.497 e. The molecular weight excluding hydrogens is 301 g/mol. The second-order valence-electron chi connectivity index (χ2n) is 4.29. The molecule has 0 aliphatic carbocycles. The van der Waals surface area contributed by atoms with Crippen LogP contribution in [0.4, 0.5) is 4.39 Å². The molecule has 1 saturated heterocycles. The molecule has 1 amide bonds. The molecule has 0 N–H and O–H groups in total. The van der Waals surface area contributed by atoms with Gasteiger partial charge in [-0.25, -0.2) is 4.39 Å². The van der Waals surface area contributed by atoms with Gasteiger partial charge in [-0.3, -0.25) is 4.79 Å². The van der Waals surface area contributed by atoms with Crippen LogP contribution in [0, 0.1) is 5.82 Å². The molecule has 1 fully saturated rings. The molecule has 1 heterocycles. The number of ether oxygens (including phenoxy) is 1. The predicted molar refractivity (Wildman–Crippen MR) is 70.8 cm³/mol. The number of hydrogen-bond donors (Lipinski definition) is 0. The standard InChI is InChI=1S/C13H15BrFNO2/c1-18-10-4-5-11(12(15)7-10)13(17)16-6-2-3-9(16)8-14/h4-5,7,9H,2-3,6,8H2,1H3. The Hall–Kier alpha value is -1.10. The molecule has 98 valence electrons. The number of rotatable bonds is 3. The van der Waals surface area contributed by atoms with Crippen LogP contribution in [0.5, 0.6) is 5.75 Å². The van der Waals surface area contributed by atoms with E-state index in [0.29, 0.717) is 12.3 Å². The molecule has 0 radical (unpaired) electrons. The van der Waals surface area contributed by atoms with E-state index in [1.807, 2.05) is 0 Å². The number of carbonyl (C=O) groups excluding carboxylic acids is 1. The Bertz CT molecular complexity index is 453. The molecule has 1 aliphatic heterocycles. The quantitative estimate of drug-likeness (QED) is 0.803. The molecule has 0 bridgehead atoms. The largest absolute Gasteiger partial charge is 0.497 e. The van der Waals surface area contributed by atoms with E-state index in [0.717, 1.165) is 18.2 Å². The first-order valence-corrected chi connectivity index (χ1v) is 7.00. The van der Waals surface area contributed by atoms with E-state index in [2.05, 4.69) is 15.9 Å². The molecule has 1 aliphatic rings. The molecule has 0 saturated carbocycles. The number of amides is 1. The van der Waals surface area contributed by atoms with Gasteiger partial charge in [-0.1, -0.05) is 15.9 Å². The minimum absolute atomic E-state index is 0.114. The summed E-state index contributed by atoms with van der Waals surface area (Å²) in [4.78, 5) is 14.0. The summed E-state index contributed by atoms with van der Waals surface area (Å²) in [6.07, 6.45) is 1.94. The number of halogens is 2. The second kappa shape index (κ2) is 5.69. The van der Waals surface area contributed by atoms with Crippen molar-refractivity contribution in [2.75, 3.05) is 19.0 Å². The van der Waals surface area contributed by atoms with Crippen molar-refractivity contribution < 1.29 is 13.9 Å². The summed E-state index contributed by atoms with van der Waals surface area (Å²) in [5.74, 6) is -0.348. The van der Waals surface area contributed by atoms with Crippen LogP contribution >= 0.6 is 15.9 Å². The average molecular weight is 316 g/mol. The first-order chi connectivity index (χ1) is 8.67. The topological polar surface area (TPSA) is 29.5 Å². The van der Waals surface area contributed by atoms with E-state index < -0.39 is 5.82 Å².